The molecule has 1 fully saturated rings. The van der Waals surface area contributed by atoms with Gasteiger partial charge in [-0.2, -0.15) is 17.8 Å². The Bertz CT molecular complexity index is 578. The lowest BCUT2D eigenvalue weighted by molar-refractivity contribution is 0.264. The average molecular weight is 301 g/mol. The minimum absolute atomic E-state index is 0.111. The van der Waals surface area contributed by atoms with E-state index in [0.717, 1.165) is 19.4 Å². The summed E-state index contributed by atoms with van der Waals surface area (Å²) < 4.78 is 28.3. The topological polar surface area (TPSA) is 107 Å². The van der Waals surface area contributed by atoms with Crippen molar-refractivity contribution in [3.63, 3.8) is 0 Å². The van der Waals surface area contributed by atoms with Crippen LogP contribution in [0, 0.1) is 5.92 Å². The fraction of sp³-hybridized carbons (Fsp3) is 0.636. The lowest BCUT2D eigenvalue weighted by Crippen LogP contribution is -2.45. The standard InChI is InChI=1S/C11H19N5O3S/c1-12-7-9-3-2-6-16(8-9)20(18,19)15-10-4-5-11(17)14-13-10/h4-5,9,12H,2-3,6-8H2,1H3,(H,13,15)(H,14,17). The maximum atomic E-state index is 12.3. The second-order valence-electron chi connectivity index (χ2n) is 4.84. The van der Waals surface area contributed by atoms with E-state index in [1.54, 1.807) is 0 Å². The number of H-pyrrole nitrogens is 1. The monoisotopic (exact) mass is 301 g/mol. The molecule has 2 heterocycles. The van der Waals surface area contributed by atoms with E-state index < -0.39 is 10.2 Å². The van der Waals surface area contributed by atoms with Gasteiger partial charge in [0, 0.05) is 19.2 Å². The summed E-state index contributed by atoms with van der Waals surface area (Å²) in [5.74, 6) is 0.425. The lowest BCUT2D eigenvalue weighted by atomic mass is 10.00. The van der Waals surface area contributed by atoms with Gasteiger partial charge in [0.05, 0.1) is 0 Å². The zero-order valence-electron chi connectivity index (χ0n) is 11.3. The molecule has 0 radical (unpaired) electrons. The van der Waals surface area contributed by atoms with Crippen LogP contribution < -0.4 is 15.6 Å². The van der Waals surface area contributed by atoms with Crippen LogP contribution in [0.25, 0.3) is 0 Å². The van der Waals surface area contributed by atoms with Crippen LogP contribution in [0.4, 0.5) is 5.82 Å². The Morgan fingerprint density at radius 2 is 2.30 bits per heavy atom. The average Bonchev–Trinajstić information content (AvgIpc) is 2.42. The van der Waals surface area contributed by atoms with E-state index in [1.807, 2.05) is 7.05 Å². The van der Waals surface area contributed by atoms with E-state index in [0.29, 0.717) is 19.0 Å². The highest BCUT2D eigenvalue weighted by molar-refractivity contribution is 7.90. The highest BCUT2D eigenvalue weighted by Gasteiger charge is 2.28. The van der Waals surface area contributed by atoms with Crippen LogP contribution in [0.5, 0.6) is 0 Å². The van der Waals surface area contributed by atoms with Crippen molar-refractivity contribution in [2.45, 2.75) is 12.8 Å². The van der Waals surface area contributed by atoms with Gasteiger partial charge in [0.25, 0.3) is 5.56 Å². The van der Waals surface area contributed by atoms with E-state index in [4.69, 9.17) is 0 Å². The van der Waals surface area contributed by atoms with Gasteiger partial charge in [0.2, 0.25) is 0 Å². The maximum Gasteiger partial charge on any atom is 0.302 e. The fourth-order valence-electron chi connectivity index (χ4n) is 2.30. The highest BCUT2D eigenvalue weighted by Crippen LogP contribution is 2.19. The predicted molar refractivity (Wildman–Crippen MR) is 75.6 cm³/mol. The summed E-state index contributed by atoms with van der Waals surface area (Å²) in [5, 5.41) is 8.91. The Morgan fingerprint density at radius 1 is 1.50 bits per heavy atom. The third-order valence-corrected chi connectivity index (χ3v) is 4.71. The zero-order valence-corrected chi connectivity index (χ0v) is 12.1. The minimum atomic E-state index is -3.63. The largest absolute Gasteiger partial charge is 0.319 e. The molecule has 1 unspecified atom stereocenters. The number of hydrogen-bond donors (Lipinski definition) is 3. The summed E-state index contributed by atoms with van der Waals surface area (Å²) in [4.78, 5) is 10.9. The van der Waals surface area contributed by atoms with Crippen LogP contribution in [0.15, 0.2) is 16.9 Å². The maximum absolute atomic E-state index is 12.3. The first kappa shape index (κ1) is 14.9. The van der Waals surface area contributed by atoms with Crippen molar-refractivity contribution in [2.24, 2.45) is 5.92 Å². The third-order valence-electron chi connectivity index (χ3n) is 3.23. The number of hydrogen-bond acceptors (Lipinski definition) is 5. The lowest BCUT2D eigenvalue weighted by Gasteiger charge is -2.31. The second kappa shape index (κ2) is 6.33. The van der Waals surface area contributed by atoms with Gasteiger partial charge in [-0.3, -0.25) is 9.52 Å². The molecule has 1 saturated heterocycles. The molecule has 8 nitrogen and oxygen atoms in total. The van der Waals surface area contributed by atoms with Crippen LogP contribution in [0.1, 0.15) is 12.8 Å². The number of nitrogens with zero attached hydrogens (tertiary/aromatic N) is 2. The third kappa shape index (κ3) is 3.78. The number of rotatable bonds is 5. The van der Waals surface area contributed by atoms with Gasteiger partial charge in [-0.05, 0) is 38.4 Å². The molecule has 9 heteroatoms. The molecule has 0 spiro atoms. The number of nitrogens with one attached hydrogen (secondary N) is 3. The highest BCUT2D eigenvalue weighted by atomic mass is 32.2. The molecule has 0 bridgehead atoms. The molecule has 1 aliphatic heterocycles. The fourth-order valence-corrected chi connectivity index (χ4v) is 3.58. The van der Waals surface area contributed by atoms with Gasteiger partial charge in [-0.1, -0.05) is 0 Å². The van der Waals surface area contributed by atoms with E-state index in [1.165, 1.54) is 16.4 Å². The van der Waals surface area contributed by atoms with Crippen LogP contribution in [0.3, 0.4) is 0 Å². The van der Waals surface area contributed by atoms with Gasteiger partial charge in [-0.15, -0.1) is 0 Å². The summed E-state index contributed by atoms with van der Waals surface area (Å²) >= 11 is 0. The van der Waals surface area contributed by atoms with Crippen LogP contribution >= 0.6 is 0 Å². The van der Waals surface area contributed by atoms with E-state index in [-0.39, 0.29) is 11.4 Å². The van der Waals surface area contributed by atoms with Crippen molar-refractivity contribution in [1.82, 2.24) is 19.8 Å². The first-order valence-electron chi connectivity index (χ1n) is 6.49. The Kier molecular flexibility index (Phi) is 4.73. The van der Waals surface area contributed by atoms with E-state index in [9.17, 15) is 13.2 Å². The number of anilines is 1. The molecule has 3 N–H and O–H groups in total. The van der Waals surface area contributed by atoms with Crippen molar-refractivity contribution < 1.29 is 8.42 Å². The zero-order chi connectivity index (χ0) is 14.6. The molecule has 2 rings (SSSR count). The quantitative estimate of drug-likeness (QED) is 0.670. The Morgan fingerprint density at radius 3 is 2.95 bits per heavy atom. The molecule has 112 valence electrons. The summed E-state index contributed by atoms with van der Waals surface area (Å²) in [5.41, 5.74) is -0.375. The molecule has 0 amide bonds. The number of piperidine rings is 1. The molecule has 1 atom stereocenters. The molecule has 0 saturated carbocycles. The van der Waals surface area contributed by atoms with Gasteiger partial charge >= 0.3 is 10.2 Å². The molecular weight excluding hydrogens is 282 g/mol. The van der Waals surface area contributed by atoms with Gasteiger partial charge < -0.3 is 5.32 Å². The van der Waals surface area contributed by atoms with Gasteiger partial charge in [-0.25, -0.2) is 5.10 Å². The molecule has 1 aromatic heterocycles. The number of aromatic nitrogens is 2. The summed E-state index contributed by atoms with van der Waals surface area (Å²) in [7, 11) is -1.77. The van der Waals surface area contributed by atoms with Crippen LogP contribution in [-0.2, 0) is 10.2 Å². The van der Waals surface area contributed by atoms with E-state index >= 15 is 0 Å². The smallest absolute Gasteiger partial charge is 0.302 e. The van der Waals surface area contributed by atoms with Crippen LogP contribution in [-0.4, -0.2) is 49.6 Å². The minimum Gasteiger partial charge on any atom is -0.319 e. The molecule has 20 heavy (non-hydrogen) atoms. The molecule has 0 aliphatic carbocycles. The van der Waals surface area contributed by atoms with E-state index in [2.05, 4.69) is 20.2 Å². The SMILES string of the molecule is CNCC1CCCN(S(=O)(=O)Nc2ccc(=O)[nH]n2)C1. The van der Waals surface area contributed by atoms with Gasteiger partial charge in [0.1, 0.15) is 0 Å². The van der Waals surface area contributed by atoms with Crippen LogP contribution in [0.2, 0.25) is 0 Å². The predicted octanol–water partition coefficient (Wildman–Crippen LogP) is -0.642. The van der Waals surface area contributed by atoms with Crippen molar-refractivity contribution in [1.29, 1.82) is 0 Å². The first-order valence-corrected chi connectivity index (χ1v) is 7.93. The van der Waals surface area contributed by atoms with Crippen molar-refractivity contribution >= 4 is 16.0 Å². The second-order valence-corrected chi connectivity index (χ2v) is 6.51. The summed E-state index contributed by atoms with van der Waals surface area (Å²) in [6.07, 6.45) is 1.86. The molecule has 1 aliphatic rings. The summed E-state index contributed by atoms with van der Waals surface area (Å²) in [6.45, 7) is 1.78. The van der Waals surface area contributed by atoms with Crippen molar-refractivity contribution in [3.8, 4) is 0 Å². The molecule has 0 aromatic carbocycles. The normalized spacial score (nSPS) is 20.8. The Balaban J connectivity index is 2.05. The Labute approximate surface area is 117 Å². The first-order chi connectivity index (χ1) is 9.51. The molecule has 1 aromatic rings. The van der Waals surface area contributed by atoms with Crippen molar-refractivity contribution in [3.05, 3.63) is 22.5 Å². The van der Waals surface area contributed by atoms with Crippen molar-refractivity contribution in [2.75, 3.05) is 31.4 Å². The summed E-state index contributed by atoms with van der Waals surface area (Å²) in [6, 6.07) is 2.57. The molecular formula is C11H19N5O3S. The Hall–Kier alpha value is -1.45. The van der Waals surface area contributed by atoms with Gasteiger partial charge in [0.15, 0.2) is 5.82 Å². The number of aromatic amines is 1.